The minimum absolute atomic E-state index is 0.0284. The van der Waals surface area contributed by atoms with Crippen LogP contribution in [-0.2, 0) is 12.8 Å². The molecule has 1 N–H and O–H groups in total. The molecule has 1 atom stereocenters. The third-order valence-electron chi connectivity index (χ3n) is 5.80. The second-order valence-electron chi connectivity index (χ2n) is 8.14. The maximum Gasteiger partial charge on any atom is 0.359 e. The Balaban J connectivity index is 1.50. The lowest BCUT2D eigenvalue weighted by molar-refractivity contribution is -0.552. The van der Waals surface area contributed by atoms with E-state index < -0.39 is 0 Å². The zero-order chi connectivity index (χ0) is 22.6. The zero-order valence-corrected chi connectivity index (χ0v) is 18.6. The molecule has 0 radical (unpaired) electrons. The third kappa shape index (κ3) is 4.48. The van der Waals surface area contributed by atoms with Crippen LogP contribution in [0.3, 0.4) is 0 Å². The van der Waals surface area contributed by atoms with Crippen LogP contribution in [-0.4, -0.2) is 23.5 Å². The summed E-state index contributed by atoms with van der Waals surface area (Å²) in [7, 11) is 0. The van der Waals surface area contributed by atoms with E-state index >= 15 is 0 Å². The van der Waals surface area contributed by atoms with Gasteiger partial charge in [-0.1, -0.05) is 72.8 Å². The van der Waals surface area contributed by atoms with Crippen LogP contribution in [0.25, 0.3) is 11.3 Å². The number of rotatable bonds is 7. The van der Waals surface area contributed by atoms with Crippen molar-refractivity contribution in [3.8, 4) is 17.0 Å². The summed E-state index contributed by atoms with van der Waals surface area (Å²) in [4.78, 5) is 18.4. The molecule has 0 aliphatic carbocycles. The van der Waals surface area contributed by atoms with Crippen molar-refractivity contribution in [3.63, 3.8) is 0 Å². The van der Waals surface area contributed by atoms with Gasteiger partial charge in [-0.05, 0) is 30.2 Å². The minimum atomic E-state index is -0.357. The van der Waals surface area contributed by atoms with Crippen LogP contribution in [0.1, 0.15) is 28.5 Å². The molecular formula is C28H26N3O2+. The largest absolute Gasteiger partial charge is 0.494 e. The number of benzene rings is 3. The Morgan fingerprint density at radius 3 is 2.42 bits per heavy atom. The van der Waals surface area contributed by atoms with Gasteiger partial charge >= 0.3 is 11.7 Å². The second-order valence-corrected chi connectivity index (χ2v) is 8.14. The standard InChI is InChI=1S/C28H25N3O2/c1-2-33-23-15-9-12-21(16-23)18-25-28(32)31-19-26(22-13-7-4-8-14-22)29-24(27(31)30-25)17-20-10-5-3-6-11-20/h3-16,19,25H,2,17-18H2,1H3/p+1. The van der Waals surface area contributed by atoms with Gasteiger partial charge in [0.1, 0.15) is 23.3 Å². The summed E-state index contributed by atoms with van der Waals surface area (Å²) in [6.07, 6.45) is 3.07. The number of hydrogen-bond donors (Lipinski definition) is 1. The SMILES string of the molecule is CCOc1cccc(CC2Nc3c(Cc4ccccc4)nc(-c4ccccc4)c[n+]3C2=O)c1. The van der Waals surface area contributed by atoms with Crippen LogP contribution < -0.4 is 14.6 Å². The molecule has 5 rings (SSSR count). The summed E-state index contributed by atoms with van der Waals surface area (Å²) in [5.74, 6) is 1.62. The Morgan fingerprint density at radius 2 is 1.67 bits per heavy atom. The molecule has 33 heavy (non-hydrogen) atoms. The maximum absolute atomic E-state index is 13.4. The summed E-state index contributed by atoms with van der Waals surface area (Å²) >= 11 is 0. The third-order valence-corrected chi connectivity index (χ3v) is 5.80. The molecule has 164 valence electrons. The van der Waals surface area contributed by atoms with E-state index in [-0.39, 0.29) is 11.9 Å². The molecule has 5 heteroatoms. The predicted molar refractivity (Wildman–Crippen MR) is 128 cm³/mol. The molecule has 0 saturated heterocycles. The van der Waals surface area contributed by atoms with Crippen molar-refractivity contribution in [2.45, 2.75) is 25.8 Å². The predicted octanol–water partition coefficient (Wildman–Crippen LogP) is 4.70. The van der Waals surface area contributed by atoms with Gasteiger partial charge < -0.3 is 4.74 Å². The van der Waals surface area contributed by atoms with Crippen molar-refractivity contribution < 1.29 is 14.1 Å². The number of nitrogens with zero attached hydrogens (tertiary/aromatic N) is 2. The molecule has 0 spiro atoms. The molecule has 1 aromatic heterocycles. The van der Waals surface area contributed by atoms with Crippen LogP contribution in [0.5, 0.6) is 5.75 Å². The summed E-state index contributed by atoms with van der Waals surface area (Å²) < 4.78 is 7.37. The fourth-order valence-corrected chi connectivity index (χ4v) is 4.24. The maximum atomic E-state index is 13.4. The molecule has 0 fully saturated rings. The highest BCUT2D eigenvalue weighted by Crippen LogP contribution is 2.25. The first-order chi connectivity index (χ1) is 16.2. The van der Waals surface area contributed by atoms with Crippen molar-refractivity contribution >= 4 is 11.7 Å². The number of anilines is 1. The highest BCUT2D eigenvalue weighted by Gasteiger charge is 2.41. The molecule has 0 bridgehead atoms. The number of aromatic nitrogens is 2. The van der Waals surface area contributed by atoms with Gasteiger partial charge in [-0.25, -0.2) is 9.78 Å². The lowest BCUT2D eigenvalue weighted by Crippen LogP contribution is -2.44. The Bertz CT molecular complexity index is 1270. The summed E-state index contributed by atoms with van der Waals surface area (Å²) in [5.41, 5.74) is 4.85. The Hall–Kier alpha value is -3.99. The van der Waals surface area contributed by atoms with Crippen molar-refractivity contribution in [2.24, 2.45) is 0 Å². The number of hydrogen-bond acceptors (Lipinski definition) is 4. The van der Waals surface area contributed by atoms with Crippen LogP contribution in [0.15, 0.2) is 91.1 Å². The van der Waals surface area contributed by atoms with Crippen LogP contribution in [0.4, 0.5) is 5.82 Å². The van der Waals surface area contributed by atoms with Gasteiger partial charge in [0.15, 0.2) is 6.04 Å². The highest BCUT2D eigenvalue weighted by molar-refractivity contribution is 5.82. The van der Waals surface area contributed by atoms with Gasteiger partial charge in [-0.2, -0.15) is 4.57 Å². The van der Waals surface area contributed by atoms with Crippen LogP contribution in [0.2, 0.25) is 0 Å². The Labute approximate surface area is 193 Å². The average molecular weight is 437 g/mol. The normalized spacial score (nSPS) is 14.6. The molecule has 3 aromatic carbocycles. The first-order valence-corrected chi connectivity index (χ1v) is 11.3. The Kier molecular flexibility index (Phi) is 5.85. The van der Waals surface area contributed by atoms with Crippen LogP contribution >= 0.6 is 0 Å². The van der Waals surface area contributed by atoms with Crippen molar-refractivity contribution in [3.05, 3.63) is 108 Å². The molecule has 1 aliphatic heterocycles. The number of nitrogens with one attached hydrogen (secondary N) is 1. The van der Waals surface area contributed by atoms with E-state index in [4.69, 9.17) is 9.72 Å². The van der Waals surface area contributed by atoms with E-state index in [0.29, 0.717) is 19.4 Å². The molecule has 5 nitrogen and oxygen atoms in total. The summed E-state index contributed by atoms with van der Waals surface area (Å²) in [6, 6.07) is 27.8. The van der Waals surface area contributed by atoms with Gasteiger partial charge in [-0.3, -0.25) is 5.32 Å². The van der Waals surface area contributed by atoms with E-state index in [2.05, 4.69) is 17.4 Å². The van der Waals surface area contributed by atoms with Crippen molar-refractivity contribution in [1.29, 1.82) is 0 Å². The molecule has 1 unspecified atom stereocenters. The van der Waals surface area contributed by atoms with E-state index in [1.54, 1.807) is 4.57 Å². The molecule has 1 aliphatic rings. The number of ether oxygens (including phenoxy) is 1. The molecule has 0 amide bonds. The second kappa shape index (κ2) is 9.25. The van der Waals surface area contributed by atoms with Crippen molar-refractivity contribution in [2.75, 3.05) is 11.9 Å². The molecule has 4 aromatic rings. The fraction of sp³-hybridized carbons (Fsp3) is 0.179. The van der Waals surface area contributed by atoms with E-state index in [9.17, 15) is 4.79 Å². The van der Waals surface area contributed by atoms with Gasteiger partial charge in [0.05, 0.1) is 6.61 Å². The first kappa shape index (κ1) is 20.9. The summed E-state index contributed by atoms with van der Waals surface area (Å²) in [5, 5.41) is 3.46. The molecule has 0 saturated carbocycles. The monoisotopic (exact) mass is 436 g/mol. The van der Waals surface area contributed by atoms with E-state index in [0.717, 1.165) is 39.6 Å². The number of fused-ring (bicyclic) bond motifs is 1. The minimum Gasteiger partial charge on any atom is -0.494 e. The van der Waals surface area contributed by atoms with E-state index in [1.807, 2.05) is 85.9 Å². The smallest absolute Gasteiger partial charge is 0.359 e. The average Bonchev–Trinajstić information content (AvgIpc) is 3.16. The van der Waals surface area contributed by atoms with Gasteiger partial charge in [-0.15, -0.1) is 0 Å². The van der Waals surface area contributed by atoms with Crippen molar-refractivity contribution in [1.82, 2.24) is 4.98 Å². The highest BCUT2D eigenvalue weighted by atomic mass is 16.5. The first-order valence-electron chi connectivity index (χ1n) is 11.3. The zero-order valence-electron chi connectivity index (χ0n) is 18.6. The van der Waals surface area contributed by atoms with Gasteiger partial charge in [0.25, 0.3) is 0 Å². The van der Waals surface area contributed by atoms with Crippen LogP contribution in [0, 0.1) is 0 Å². The lowest BCUT2D eigenvalue weighted by Gasteiger charge is -2.08. The van der Waals surface area contributed by atoms with Gasteiger partial charge in [0, 0.05) is 18.4 Å². The fourth-order valence-electron chi connectivity index (χ4n) is 4.24. The topological polar surface area (TPSA) is 55.1 Å². The lowest BCUT2D eigenvalue weighted by atomic mass is 10.1. The number of carbonyl (C=O) groups excluding carboxylic acids is 1. The number of carbonyl (C=O) groups is 1. The summed E-state index contributed by atoms with van der Waals surface area (Å²) in [6.45, 7) is 2.58. The quantitative estimate of drug-likeness (QED) is 0.427. The van der Waals surface area contributed by atoms with E-state index in [1.165, 1.54) is 0 Å². The molecule has 2 heterocycles. The molecular weight excluding hydrogens is 410 g/mol. The Morgan fingerprint density at radius 1 is 0.939 bits per heavy atom. The van der Waals surface area contributed by atoms with Gasteiger partial charge in [0.2, 0.25) is 0 Å².